The maximum absolute atomic E-state index is 12.7. The number of anilines is 2. The molecule has 1 aromatic heterocycles. The Morgan fingerprint density at radius 3 is 2.71 bits per heavy atom. The number of nitrogens with one attached hydrogen (secondary N) is 2. The molecule has 6 nitrogen and oxygen atoms in total. The molecule has 1 atom stereocenters. The zero-order valence-electron chi connectivity index (χ0n) is 13.7. The van der Waals surface area contributed by atoms with E-state index in [1.165, 1.54) is 0 Å². The molecule has 1 aromatic carbocycles. The normalized spacial score (nSPS) is 16.1. The van der Waals surface area contributed by atoms with Gasteiger partial charge in [0, 0.05) is 27.2 Å². The fourth-order valence-electron chi connectivity index (χ4n) is 2.62. The third-order valence-corrected chi connectivity index (χ3v) is 4.01. The van der Waals surface area contributed by atoms with Gasteiger partial charge in [-0.25, -0.2) is 4.98 Å². The molecule has 0 fully saturated rings. The van der Waals surface area contributed by atoms with Gasteiger partial charge in [0.1, 0.15) is 17.4 Å². The summed E-state index contributed by atoms with van der Waals surface area (Å²) in [7, 11) is 3.72. The van der Waals surface area contributed by atoms with Crippen LogP contribution >= 0.6 is 0 Å². The van der Waals surface area contributed by atoms with Crippen LogP contribution in [0.25, 0.3) is 0 Å². The lowest BCUT2D eigenvalue weighted by atomic mass is 9.95. The summed E-state index contributed by atoms with van der Waals surface area (Å²) in [5.41, 5.74) is 2.00. The van der Waals surface area contributed by atoms with Gasteiger partial charge in [0.05, 0.1) is 5.69 Å². The molecule has 1 aliphatic rings. The highest BCUT2D eigenvalue weighted by Gasteiger charge is 2.34. The van der Waals surface area contributed by atoms with Crippen molar-refractivity contribution >= 4 is 23.2 Å². The van der Waals surface area contributed by atoms with Crippen LogP contribution in [0.2, 0.25) is 0 Å². The van der Waals surface area contributed by atoms with Crippen molar-refractivity contribution in [3.8, 4) is 0 Å². The van der Waals surface area contributed by atoms with E-state index < -0.39 is 5.92 Å². The summed E-state index contributed by atoms with van der Waals surface area (Å²) in [6.07, 6.45) is 0. The smallest absolute Gasteiger partial charge is 0.233 e. The molecule has 0 saturated heterocycles. The lowest BCUT2D eigenvalue weighted by molar-refractivity contribution is -0.123. The molecule has 2 aromatic rings. The summed E-state index contributed by atoms with van der Waals surface area (Å²) in [5.74, 6) is -0.586. The van der Waals surface area contributed by atoms with E-state index >= 15 is 0 Å². The van der Waals surface area contributed by atoms with Crippen molar-refractivity contribution in [2.24, 2.45) is 5.92 Å². The molecule has 0 bridgehead atoms. The van der Waals surface area contributed by atoms with Crippen LogP contribution in [0.1, 0.15) is 16.1 Å². The van der Waals surface area contributed by atoms with Gasteiger partial charge in [-0.15, -0.1) is 0 Å². The fraction of sp³-hybridized carbons (Fsp3) is 0.278. The van der Waals surface area contributed by atoms with Crippen LogP contribution in [0, 0.1) is 5.92 Å². The van der Waals surface area contributed by atoms with Crippen molar-refractivity contribution in [2.45, 2.75) is 6.54 Å². The van der Waals surface area contributed by atoms with Crippen molar-refractivity contribution in [3.63, 3.8) is 0 Å². The molecular formula is C18H20N4O2. The Kier molecular flexibility index (Phi) is 4.46. The lowest BCUT2D eigenvalue weighted by Gasteiger charge is -2.24. The first-order chi connectivity index (χ1) is 11.6. The molecule has 1 aliphatic heterocycles. The average Bonchev–Trinajstić information content (AvgIpc) is 2.60. The number of benzene rings is 1. The Morgan fingerprint density at radius 2 is 2.00 bits per heavy atom. The maximum Gasteiger partial charge on any atom is 0.233 e. The second-order valence-corrected chi connectivity index (χ2v) is 5.96. The number of amides is 1. The van der Waals surface area contributed by atoms with E-state index in [-0.39, 0.29) is 18.2 Å². The minimum absolute atomic E-state index is 0.238. The van der Waals surface area contributed by atoms with Gasteiger partial charge >= 0.3 is 0 Å². The predicted octanol–water partition coefficient (Wildman–Crippen LogP) is 1.69. The number of carbonyl (C=O) groups excluding carboxylic acids is 2. The number of Topliss-reactive ketones (excluding diaryl/α,β-unsaturated/α-hetero) is 1. The standard InChI is InChI=1S/C18H20N4O2/c1-22(2)15-9-8-14-16(21-15)17(23)13(11-19-14)18(24)20-10-12-6-4-3-5-7-12/h3-9,13,19H,10-11H2,1-2H3,(H,20,24). The van der Waals surface area contributed by atoms with Crippen LogP contribution in [-0.4, -0.2) is 37.3 Å². The number of nitrogens with zero attached hydrogens (tertiary/aromatic N) is 2. The second-order valence-electron chi connectivity index (χ2n) is 5.96. The average molecular weight is 324 g/mol. The Balaban J connectivity index is 1.73. The van der Waals surface area contributed by atoms with Gasteiger partial charge < -0.3 is 15.5 Å². The molecule has 2 N–H and O–H groups in total. The zero-order valence-corrected chi connectivity index (χ0v) is 13.7. The highest BCUT2D eigenvalue weighted by molar-refractivity contribution is 6.13. The number of ketones is 1. The number of aromatic nitrogens is 1. The van der Waals surface area contributed by atoms with E-state index in [1.807, 2.05) is 61.5 Å². The molecule has 0 radical (unpaired) electrons. The first-order valence-electron chi connectivity index (χ1n) is 7.84. The third kappa shape index (κ3) is 3.22. The Labute approximate surface area is 140 Å². The molecule has 124 valence electrons. The summed E-state index contributed by atoms with van der Waals surface area (Å²) in [6, 6.07) is 13.3. The van der Waals surface area contributed by atoms with Crippen LogP contribution < -0.4 is 15.5 Å². The number of fused-ring (bicyclic) bond motifs is 1. The largest absolute Gasteiger partial charge is 0.382 e. The van der Waals surface area contributed by atoms with Crippen molar-refractivity contribution in [1.29, 1.82) is 0 Å². The molecule has 1 unspecified atom stereocenters. The molecule has 2 heterocycles. The first kappa shape index (κ1) is 16.0. The van der Waals surface area contributed by atoms with Crippen molar-refractivity contribution in [3.05, 3.63) is 53.7 Å². The van der Waals surface area contributed by atoms with Crippen LogP contribution in [0.15, 0.2) is 42.5 Å². The SMILES string of the molecule is CN(C)c1ccc2c(n1)C(=O)C(C(=O)NCc1ccccc1)CN2. The number of hydrogen-bond acceptors (Lipinski definition) is 5. The van der Waals surface area contributed by atoms with E-state index in [2.05, 4.69) is 15.6 Å². The maximum atomic E-state index is 12.7. The van der Waals surface area contributed by atoms with Gasteiger partial charge in [0.25, 0.3) is 0 Å². The molecular weight excluding hydrogens is 304 g/mol. The van der Waals surface area contributed by atoms with E-state index in [4.69, 9.17) is 0 Å². The second kappa shape index (κ2) is 6.70. The fourth-order valence-corrected chi connectivity index (χ4v) is 2.62. The van der Waals surface area contributed by atoms with Crippen LogP contribution in [0.4, 0.5) is 11.5 Å². The van der Waals surface area contributed by atoms with Crippen LogP contribution in [0.3, 0.4) is 0 Å². The quantitative estimate of drug-likeness (QED) is 0.837. The summed E-state index contributed by atoms with van der Waals surface area (Å²) < 4.78 is 0. The lowest BCUT2D eigenvalue weighted by Crippen LogP contribution is -2.42. The summed E-state index contributed by atoms with van der Waals surface area (Å²) in [4.78, 5) is 31.3. The van der Waals surface area contributed by atoms with Gasteiger partial charge in [0.2, 0.25) is 5.91 Å². The van der Waals surface area contributed by atoms with Gasteiger partial charge in [-0.05, 0) is 17.7 Å². The highest BCUT2D eigenvalue weighted by atomic mass is 16.2. The van der Waals surface area contributed by atoms with Gasteiger partial charge in [-0.1, -0.05) is 30.3 Å². The van der Waals surface area contributed by atoms with Crippen molar-refractivity contribution < 1.29 is 9.59 Å². The van der Waals surface area contributed by atoms with Gasteiger partial charge in [0.15, 0.2) is 5.78 Å². The number of carbonyl (C=O) groups is 2. The Morgan fingerprint density at radius 1 is 1.25 bits per heavy atom. The van der Waals surface area contributed by atoms with Crippen LogP contribution in [0.5, 0.6) is 0 Å². The Hall–Kier alpha value is -2.89. The summed E-state index contributed by atoms with van der Waals surface area (Å²) in [6.45, 7) is 0.691. The van der Waals surface area contributed by atoms with E-state index in [0.717, 1.165) is 5.56 Å². The molecule has 1 amide bonds. The number of hydrogen-bond donors (Lipinski definition) is 2. The molecule has 3 rings (SSSR count). The van der Waals surface area contributed by atoms with E-state index in [1.54, 1.807) is 0 Å². The predicted molar refractivity (Wildman–Crippen MR) is 93.2 cm³/mol. The number of rotatable bonds is 4. The molecule has 24 heavy (non-hydrogen) atoms. The van der Waals surface area contributed by atoms with Crippen LogP contribution in [-0.2, 0) is 11.3 Å². The molecule has 0 spiro atoms. The summed E-state index contributed by atoms with van der Waals surface area (Å²) in [5, 5.41) is 5.95. The third-order valence-electron chi connectivity index (χ3n) is 4.01. The van der Waals surface area contributed by atoms with Crippen molar-refractivity contribution in [2.75, 3.05) is 30.9 Å². The summed E-state index contributed by atoms with van der Waals surface area (Å²) >= 11 is 0. The molecule has 0 aliphatic carbocycles. The van der Waals surface area contributed by atoms with E-state index in [0.29, 0.717) is 23.7 Å². The minimum Gasteiger partial charge on any atom is -0.382 e. The Bertz CT molecular complexity index is 759. The van der Waals surface area contributed by atoms with Gasteiger partial charge in [-0.2, -0.15) is 0 Å². The number of pyridine rings is 1. The highest BCUT2D eigenvalue weighted by Crippen LogP contribution is 2.25. The molecule has 6 heteroatoms. The topological polar surface area (TPSA) is 74.3 Å². The first-order valence-corrected chi connectivity index (χ1v) is 7.84. The van der Waals surface area contributed by atoms with E-state index in [9.17, 15) is 9.59 Å². The molecule has 0 saturated carbocycles. The minimum atomic E-state index is -0.758. The monoisotopic (exact) mass is 324 g/mol. The van der Waals surface area contributed by atoms with Gasteiger partial charge in [-0.3, -0.25) is 9.59 Å². The zero-order chi connectivity index (χ0) is 17.1. The van der Waals surface area contributed by atoms with Crippen molar-refractivity contribution in [1.82, 2.24) is 10.3 Å².